The minimum atomic E-state index is -2.72. The molecular formula is C60H40BNO2Si. The highest BCUT2D eigenvalue weighted by Gasteiger charge is 2.43. The summed E-state index contributed by atoms with van der Waals surface area (Å²) in [7, 11) is -2.72. The van der Waals surface area contributed by atoms with Crippen molar-refractivity contribution in [3.05, 3.63) is 243 Å². The molecule has 3 heterocycles. The van der Waals surface area contributed by atoms with Crippen LogP contribution in [-0.4, -0.2) is 19.6 Å². The van der Waals surface area contributed by atoms with Gasteiger partial charge in [0.1, 0.15) is 17.2 Å². The second-order valence-electron chi connectivity index (χ2n) is 17.1. The molecular weight excluding hydrogens is 806 g/mol. The Bertz CT molecular complexity index is 3470. The molecule has 0 aliphatic carbocycles. The number of aromatic nitrogens is 1. The molecule has 0 atom stereocenters. The monoisotopic (exact) mass is 845 g/mol. The first-order chi connectivity index (χ1) is 32.2. The largest absolute Gasteiger partial charge is 0.551 e. The summed E-state index contributed by atoms with van der Waals surface area (Å²) >= 11 is 0. The number of rotatable bonds is 7. The van der Waals surface area contributed by atoms with Crippen LogP contribution in [0.2, 0.25) is 0 Å². The molecule has 0 unspecified atom stereocenters. The highest BCUT2D eigenvalue weighted by molar-refractivity contribution is 7.19. The van der Waals surface area contributed by atoms with Crippen molar-refractivity contribution in [1.82, 2.24) is 4.57 Å². The molecule has 3 nitrogen and oxygen atoms in total. The standard InChI is InChI=1S/C60H40BNO2Si/c1-4-20-46(21-5-1)65(47-22-6-2-7-23-47,48-24-8-3-9-25-48)49-26-15-18-42(38-49)44-33-35-52-53-29-16-32-58-60(53)61(64-59(52)40-44)54-39-43(34-36-57(54)63-58)41-17-14-19-45(37-41)62-55-30-12-10-27-50(55)51-28-11-13-31-56(51)62/h1-40H. The van der Waals surface area contributed by atoms with Gasteiger partial charge >= 0.3 is 6.92 Å². The van der Waals surface area contributed by atoms with E-state index in [-0.39, 0.29) is 6.92 Å². The Labute approximate surface area is 379 Å². The minimum Gasteiger partial charge on any atom is -0.551 e. The summed E-state index contributed by atoms with van der Waals surface area (Å²) in [5, 5.41) is 7.90. The molecule has 304 valence electrons. The molecule has 2 aliphatic heterocycles. The Morgan fingerprint density at radius 3 is 1.57 bits per heavy atom. The SMILES string of the molecule is c1ccc([Si](c2ccccc2)(c2ccccc2)c2cccc(-c3ccc4c(c3)OB3c5cc(-c6cccc(-n7c8ccccc8c8ccccc87)c6)ccc5Oc5cccc-4c53)c2)cc1. The van der Waals surface area contributed by atoms with E-state index < -0.39 is 8.07 Å². The number of hydrogen-bond acceptors (Lipinski definition) is 2. The van der Waals surface area contributed by atoms with Crippen LogP contribution in [-0.2, 0) is 0 Å². The zero-order valence-electron chi connectivity index (χ0n) is 35.4. The molecule has 0 bridgehead atoms. The highest BCUT2D eigenvalue weighted by atomic mass is 28.3. The summed E-state index contributed by atoms with van der Waals surface area (Å²) in [5.74, 6) is 2.53. The number of benzene rings is 10. The quantitative estimate of drug-likeness (QED) is 0.118. The van der Waals surface area contributed by atoms with Gasteiger partial charge in [-0.25, -0.2) is 0 Å². The molecule has 10 aromatic carbocycles. The minimum absolute atomic E-state index is 0.339. The first-order valence-corrected chi connectivity index (χ1v) is 24.3. The average Bonchev–Trinajstić information content (AvgIpc) is 3.72. The number of para-hydroxylation sites is 2. The molecule has 11 aromatic rings. The number of ether oxygens (including phenoxy) is 1. The van der Waals surface area contributed by atoms with Gasteiger partial charge in [0, 0.05) is 32.9 Å². The summed E-state index contributed by atoms with van der Waals surface area (Å²) in [6.45, 7) is -0.339. The van der Waals surface area contributed by atoms with Crippen LogP contribution in [0.3, 0.4) is 0 Å². The zero-order chi connectivity index (χ0) is 42.9. The van der Waals surface area contributed by atoms with Crippen LogP contribution < -0.4 is 41.1 Å². The fourth-order valence-electron chi connectivity index (χ4n) is 10.7. The predicted molar refractivity (Wildman–Crippen MR) is 273 cm³/mol. The van der Waals surface area contributed by atoms with Gasteiger partial charge in [0.2, 0.25) is 0 Å². The van der Waals surface area contributed by atoms with E-state index in [1.165, 1.54) is 42.6 Å². The van der Waals surface area contributed by atoms with Crippen LogP contribution >= 0.6 is 0 Å². The van der Waals surface area contributed by atoms with Crippen LogP contribution in [0.4, 0.5) is 0 Å². The number of nitrogens with zero attached hydrogens (tertiary/aromatic N) is 1. The molecule has 0 fully saturated rings. The smallest absolute Gasteiger partial charge is 0.434 e. The summed E-state index contributed by atoms with van der Waals surface area (Å²) in [5.41, 5.74) is 12.3. The van der Waals surface area contributed by atoms with Crippen molar-refractivity contribution < 1.29 is 9.39 Å². The summed E-state index contributed by atoms with van der Waals surface area (Å²) in [6.07, 6.45) is 0. The van der Waals surface area contributed by atoms with Gasteiger partial charge in [-0.05, 0) is 91.0 Å². The van der Waals surface area contributed by atoms with Gasteiger partial charge in [-0.15, -0.1) is 0 Å². The Morgan fingerprint density at radius 1 is 0.354 bits per heavy atom. The Hall–Kier alpha value is -8.12. The van der Waals surface area contributed by atoms with Gasteiger partial charge in [-0.1, -0.05) is 200 Å². The van der Waals surface area contributed by atoms with Crippen molar-refractivity contribution in [3.63, 3.8) is 0 Å². The van der Waals surface area contributed by atoms with Crippen molar-refractivity contribution in [2.45, 2.75) is 0 Å². The number of fused-ring (bicyclic) bond motifs is 7. The van der Waals surface area contributed by atoms with Crippen LogP contribution in [0, 0.1) is 0 Å². The Morgan fingerprint density at radius 2 is 0.892 bits per heavy atom. The van der Waals surface area contributed by atoms with E-state index in [0.717, 1.165) is 67.2 Å². The lowest BCUT2D eigenvalue weighted by Crippen LogP contribution is -2.74. The first-order valence-electron chi connectivity index (χ1n) is 22.3. The second kappa shape index (κ2) is 15.0. The van der Waals surface area contributed by atoms with Gasteiger partial charge in [-0.2, -0.15) is 0 Å². The maximum atomic E-state index is 7.23. The zero-order valence-corrected chi connectivity index (χ0v) is 36.4. The third-order valence-corrected chi connectivity index (χ3v) is 18.4. The molecule has 2 aliphatic rings. The van der Waals surface area contributed by atoms with E-state index in [1.54, 1.807) is 0 Å². The molecule has 0 saturated heterocycles. The normalized spacial score (nSPS) is 12.5. The van der Waals surface area contributed by atoms with Crippen LogP contribution in [0.25, 0.3) is 60.9 Å². The molecule has 0 radical (unpaired) electrons. The number of hydrogen-bond donors (Lipinski definition) is 0. The summed E-state index contributed by atoms with van der Waals surface area (Å²) in [4.78, 5) is 0. The van der Waals surface area contributed by atoms with Gasteiger partial charge in [-0.3, -0.25) is 0 Å². The van der Waals surface area contributed by atoms with E-state index in [9.17, 15) is 0 Å². The first kappa shape index (κ1) is 37.4. The maximum absolute atomic E-state index is 7.23. The Balaban J connectivity index is 0.908. The lowest BCUT2D eigenvalue weighted by molar-refractivity contribution is 0.479. The lowest BCUT2D eigenvalue weighted by Gasteiger charge is -2.35. The van der Waals surface area contributed by atoms with Crippen molar-refractivity contribution in [2.24, 2.45) is 0 Å². The lowest BCUT2D eigenvalue weighted by atomic mass is 9.50. The predicted octanol–water partition coefficient (Wildman–Crippen LogP) is 10.8. The van der Waals surface area contributed by atoms with E-state index >= 15 is 0 Å². The van der Waals surface area contributed by atoms with E-state index in [1.807, 2.05) is 0 Å². The topological polar surface area (TPSA) is 23.4 Å². The fraction of sp³-hybridized carbons (Fsp3) is 0. The molecule has 1 aromatic heterocycles. The van der Waals surface area contributed by atoms with E-state index in [2.05, 4.69) is 247 Å². The van der Waals surface area contributed by atoms with Crippen molar-refractivity contribution >= 4 is 68.5 Å². The van der Waals surface area contributed by atoms with Crippen LogP contribution in [0.15, 0.2) is 243 Å². The maximum Gasteiger partial charge on any atom is 0.434 e. The van der Waals surface area contributed by atoms with Gasteiger partial charge in [0.05, 0.1) is 11.0 Å². The molecule has 13 rings (SSSR count). The summed E-state index contributed by atoms with van der Waals surface area (Å²) in [6, 6.07) is 88.4. The second-order valence-corrected chi connectivity index (χ2v) is 20.9. The molecule has 65 heavy (non-hydrogen) atoms. The third-order valence-electron chi connectivity index (χ3n) is 13.6. The van der Waals surface area contributed by atoms with Crippen molar-refractivity contribution in [3.8, 4) is 56.3 Å². The van der Waals surface area contributed by atoms with Gasteiger partial charge < -0.3 is 14.0 Å². The Kier molecular flexibility index (Phi) is 8.65. The van der Waals surface area contributed by atoms with Crippen molar-refractivity contribution in [2.75, 3.05) is 0 Å². The molecule has 0 saturated carbocycles. The average molecular weight is 846 g/mol. The fourth-order valence-corrected chi connectivity index (χ4v) is 15.5. The summed E-state index contributed by atoms with van der Waals surface area (Å²) < 4.78 is 16.3. The molecule has 5 heteroatoms. The third kappa shape index (κ3) is 5.90. The van der Waals surface area contributed by atoms with E-state index in [4.69, 9.17) is 9.39 Å². The van der Waals surface area contributed by atoms with Crippen molar-refractivity contribution in [1.29, 1.82) is 0 Å². The molecule has 0 N–H and O–H groups in total. The highest BCUT2D eigenvalue weighted by Crippen LogP contribution is 2.42. The van der Waals surface area contributed by atoms with Crippen LogP contribution in [0.5, 0.6) is 17.2 Å². The van der Waals surface area contributed by atoms with Crippen LogP contribution in [0.1, 0.15) is 0 Å². The molecule has 0 amide bonds. The molecule has 0 spiro atoms. The van der Waals surface area contributed by atoms with E-state index in [0.29, 0.717) is 0 Å². The van der Waals surface area contributed by atoms with Gasteiger partial charge in [0.25, 0.3) is 0 Å². The van der Waals surface area contributed by atoms with Gasteiger partial charge in [0.15, 0.2) is 8.07 Å².